The van der Waals surface area contributed by atoms with Crippen molar-refractivity contribution < 1.29 is 28.7 Å². The number of nitrogens with zero attached hydrogens (tertiary/aromatic N) is 4. The van der Waals surface area contributed by atoms with E-state index in [1.54, 1.807) is 62.8 Å². The predicted molar refractivity (Wildman–Crippen MR) is 131 cm³/mol. The van der Waals surface area contributed by atoms with Crippen molar-refractivity contribution in [2.45, 2.75) is 24.9 Å². The highest BCUT2D eigenvalue weighted by molar-refractivity contribution is 6.23. The third-order valence-electron chi connectivity index (χ3n) is 7.14. The van der Waals surface area contributed by atoms with E-state index in [1.807, 2.05) is 9.80 Å². The molecule has 2 unspecified atom stereocenters. The maximum Gasteiger partial charge on any atom is 0.251 e. The summed E-state index contributed by atoms with van der Waals surface area (Å²) in [5.74, 6) is 0.355. The van der Waals surface area contributed by atoms with Gasteiger partial charge in [0.2, 0.25) is 11.8 Å². The third kappa shape index (κ3) is 4.22. The molecule has 3 heterocycles. The van der Waals surface area contributed by atoms with Gasteiger partial charge in [-0.2, -0.15) is 0 Å². The van der Waals surface area contributed by atoms with Crippen molar-refractivity contribution in [2.75, 3.05) is 50.2 Å². The van der Waals surface area contributed by atoms with Gasteiger partial charge < -0.3 is 9.47 Å². The van der Waals surface area contributed by atoms with Gasteiger partial charge in [0.1, 0.15) is 11.5 Å². The van der Waals surface area contributed by atoms with Crippen molar-refractivity contribution >= 4 is 35.0 Å². The lowest BCUT2D eigenvalue weighted by Gasteiger charge is -2.38. The molecule has 0 saturated carbocycles. The molecule has 2 aromatic carbocycles. The zero-order chi connectivity index (χ0) is 25.4. The maximum atomic E-state index is 13.2. The van der Waals surface area contributed by atoms with E-state index < -0.39 is 12.1 Å². The zero-order valence-electron chi connectivity index (χ0n) is 20.3. The number of carbonyl (C=O) groups excluding carboxylic acids is 4. The minimum Gasteiger partial charge on any atom is -0.497 e. The van der Waals surface area contributed by atoms with E-state index in [1.165, 1.54) is 9.80 Å². The molecule has 3 aliphatic rings. The van der Waals surface area contributed by atoms with Gasteiger partial charge >= 0.3 is 0 Å². The monoisotopic (exact) mass is 492 g/mol. The number of hydrogen-bond donors (Lipinski definition) is 0. The lowest BCUT2D eigenvalue weighted by Crippen LogP contribution is -2.56. The minimum absolute atomic E-state index is 0.122. The molecule has 0 aliphatic carbocycles. The molecule has 0 radical (unpaired) electrons. The minimum atomic E-state index is -0.529. The van der Waals surface area contributed by atoms with Crippen LogP contribution in [-0.2, 0) is 19.2 Å². The molecular weight excluding hydrogens is 464 g/mol. The van der Waals surface area contributed by atoms with Gasteiger partial charge in [0, 0.05) is 26.2 Å². The second-order valence-electron chi connectivity index (χ2n) is 9.04. The van der Waals surface area contributed by atoms with Crippen LogP contribution in [0.2, 0.25) is 0 Å². The number of anilines is 2. The number of hydrogen-bond acceptors (Lipinski definition) is 8. The molecule has 0 spiro atoms. The molecular formula is C26H28N4O6. The van der Waals surface area contributed by atoms with E-state index in [0.717, 1.165) is 0 Å². The van der Waals surface area contributed by atoms with Gasteiger partial charge in [0.25, 0.3) is 11.8 Å². The number of amides is 4. The fourth-order valence-corrected chi connectivity index (χ4v) is 5.17. The largest absolute Gasteiger partial charge is 0.497 e. The van der Waals surface area contributed by atoms with Gasteiger partial charge in [-0.1, -0.05) is 0 Å². The summed E-state index contributed by atoms with van der Waals surface area (Å²) in [4.78, 5) is 58.2. The lowest BCUT2D eigenvalue weighted by molar-refractivity contribution is -0.126. The SMILES string of the molecule is COc1ccc(N2C(=O)CC(N3CCN(C4CC(=O)N(c5ccc(OC)cc5)C4=O)CC3)C2=O)cc1. The Morgan fingerprint density at radius 1 is 0.583 bits per heavy atom. The van der Waals surface area contributed by atoms with Gasteiger partial charge in [0.05, 0.1) is 50.5 Å². The van der Waals surface area contributed by atoms with Crippen molar-refractivity contribution in [3.63, 3.8) is 0 Å². The Kier molecular flexibility index (Phi) is 6.46. The van der Waals surface area contributed by atoms with Gasteiger partial charge in [-0.15, -0.1) is 0 Å². The molecule has 10 nitrogen and oxygen atoms in total. The first-order chi connectivity index (χ1) is 17.4. The van der Waals surface area contributed by atoms with Crippen molar-refractivity contribution in [3.05, 3.63) is 48.5 Å². The maximum absolute atomic E-state index is 13.2. The first-order valence-corrected chi connectivity index (χ1v) is 11.9. The van der Waals surface area contributed by atoms with Crippen LogP contribution < -0.4 is 19.3 Å². The molecule has 2 aromatic rings. The molecule has 10 heteroatoms. The van der Waals surface area contributed by atoms with Crippen LogP contribution in [0.25, 0.3) is 0 Å². The lowest BCUT2D eigenvalue weighted by atomic mass is 10.1. The highest BCUT2D eigenvalue weighted by Gasteiger charge is 2.46. The van der Waals surface area contributed by atoms with Crippen LogP contribution in [0.15, 0.2) is 48.5 Å². The summed E-state index contributed by atoms with van der Waals surface area (Å²) in [5.41, 5.74) is 1.06. The van der Waals surface area contributed by atoms with E-state index >= 15 is 0 Å². The van der Waals surface area contributed by atoms with Crippen molar-refractivity contribution in [1.82, 2.24) is 9.80 Å². The molecule has 3 aliphatic heterocycles. The molecule has 0 N–H and O–H groups in total. The standard InChI is InChI=1S/C26H28N4O6/c1-35-19-7-3-17(4-8-19)29-23(31)15-21(25(29)33)27-11-13-28(14-12-27)22-16-24(32)30(26(22)34)18-5-9-20(36-2)10-6-18/h3-10,21-22H,11-16H2,1-2H3. The highest BCUT2D eigenvalue weighted by atomic mass is 16.5. The van der Waals surface area contributed by atoms with E-state index in [0.29, 0.717) is 49.1 Å². The van der Waals surface area contributed by atoms with Gasteiger partial charge in [-0.25, -0.2) is 9.80 Å². The fraction of sp³-hybridized carbons (Fsp3) is 0.385. The summed E-state index contributed by atoms with van der Waals surface area (Å²) in [6.45, 7) is 2.11. The van der Waals surface area contributed by atoms with Crippen LogP contribution >= 0.6 is 0 Å². The Labute approximate surface area is 208 Å². The molecule has 5 rings (SSSR count). The van der Waals surface area contributed by atoms with Crippen LogP contribution in [0.4, 0.5) is 11.4 Å². The molecule has 3 fully saturated rings. The summed E-state index contributed by atoms with van der Waals surface area (Å²) in [6, 6.07) is 12.6. The Hall–Kier alpha value is -3.76. The summed E-state index contributed by atoms with van der Waals surface area (Å²) >= 11 is 0. The first kappa shape index (κ1) is 24.0. The van der Waals surface area contributed by atoms with Gasteiger partial charge in [0.15, 0.2) is 0 Å². The van der Waals surface area contributed by atoms with Crippen molar-refractivity contribution in [1.29, 1.82) is 0 Å². The van der Waals surface area contributed by atoms with Crippen LogP contribution in [0.3, 0.4) is 0 Å². The van der Waals surface area contributed by atoms with E-state index in [-0.39, 0.29) is 36.5 Å². The third-order valence-corrected chi connectivity index (χ3v) is 7.14. The van der Waals surface area contributed by atoms with Crippen LogP contribution in [0, 0.1) is 0 Å². The normalized spacial score (nSPS) is 23.6. The summed E-state index contributed by atoms with van der Waals surface area (Å²) in [6.07, 6.45) is 0.244. The molecule has 2 atom stereocenters. The van der Waals surface area contributed by atoms with Crippen LogP contribution in [-0.4, -0.2) is 85.9 Å². The molecule has 0 bridgehead atoms. The van der Waals surface area contributed by atoms with Crippen molar-refractivity contribution in [2.24, 2.45) is 0 Å². The summed E-state index contributed by atoms with van der Waals surface area (Å²) < 4.78 is 10.3. The summed E-state index contributed by atoms with van der Waals surface area (Å²) in [5, 5.41) is 0. The fourth-order valence-electron chi connectivity index (χ4n) is 5.17. The average Bonchev–Trinajstić information content (AvgIpc) is 3.38. The molecule has 0 aromatic heterocycles. The Morgan fingerprint density at radius 3 is 1.22 bits per heavy atom. The number of imide groups is 2. The molecule has 3 saturated heterocycles. The number of ether oxygens (including phenoxy) is 2. The number of benzene rings is 2. The van der Waals surface area contributed by atoms with Crippen LogP contribution in [0.5, 0.6) is 11.5 Å². The Bertz CT molecular complexity index is 1080. The number of carbonyl (C=O) groups is 4. The smallest absolute Gasteiger partial charge is 0.251 e. The van der Waals surface area contributed by atoms with E-state index in [2.05, 4.69) is 0 Å². The molecule has 4 amide bonds. The molecule has 188 valence electrons. The van der Waals surface area contributed by atoms with Crippen molar-refractivity contribution in [3.8, 4) is 11.5 Å². The average molecular weight is 493 g/mol. The van der Waals surface area contributed by atoms with Gasteiger partial charge in [-0.3, -0.25) is 29.0 Å². The number of rotatable bonds is 6. The van der Waals surface area contributed by atoms with E-state index in [9.17, 15) is 19.2 Å². The van der Waals surface area contributed by atoms with Gasteiger partial charge in [-0.05, 0) is 48.5 Å². The first-order valence-electron chi connectivity index (χ1n) is 11.9. The predicted octanol–water partition coefficient (Wildman–Crippen LogP) is 1.29. The second kappa shape index (κ2) is 9.71. The Morgan fingerprint density at radius 2 is 0.917 bits per heavy atom. The Balaban J connectivity index is 1.21. The zero-order valence-corrected chi connectivity index (χ0v) is 20.3. The highest BCUT2D eigenvalue weighted by Crippen LogP contribution is 2.30. The quantitative estimate of drug-likeness (QED) is 0.557. The topological polar surface area (TPSA) is 99.7 Å². The second-order valence-corrected chi connectivity index (χ2v) is 9.04. The summed E-state index contributed by atoms with van der Waals surface area (Å²) in [7, 11) is 3.12. The van der Waals surface area contributed by atoms with E-state index in [4.69, 9.17) is 9.47 Å². The number of piperazine rings is 1. The number of methoxy groups -OCH3 is 2. The molecule has 36 heavy (non-hydrogen) atoms. The van der Waals surface area contributed by atoms with Crippen LogP contribution in [0.1, 0.15) is 12.8 Å².